The van der Waals surface area contributed by atoms with Crippen LogP contribution in [0.1, 0.15) is 55.0 Å². The summed E-state index contributed by atoms with van der Waals surface area (Å²) >= 11 is 0. The van der Waals surface area contributed by atoms with E-state index in [-0.39, 0.29) is 43.8 Å². The van der Waals surface area contributed by atoms with Gasteiger partial charge in [0.2, 0.25) is 5.95 Å². The minimum atomic E-state index is -5.03. The van der Waals surface area contributed by atoms with E-state index in [1.54, 1.807) is 36.4 Å². The SMILES string of the molecule is CCOC(=O)N1c2cc3c(cc2C(N(Cc2cc(C(F)(F)F)cc(C(F)(F)F)c2)c2ncc(N4CCOCC4)cn2)C[C@H]1CC)OCCO3. The van der Waals surface area contributed by atoms with E-state index in [9.17, 15) is 31.1 Å². The Morgan fingerprint density at radius 1 is 0.898 bits per heavy atom. The number of benzene rings is 2. The minimum absolute atomic E-state index is 0.0771. The highest BCUT2D eigenvalue weighted by molar-refractivity contribution is 5.91. The Balaban J connectivity index is 1.50. The molecule has 3 aliphatic rings. The van der Waals surface area contributed by atoms with Crippen molar-refractivity contribution in [3.63, 3.8) is 0 Å². The van der Waals surface area contributed by atoms with Gasteiger partial charge in [0, 0.05) is 37.3 Å². The van der Waals surface area contributed by atoms with E-state index in [1.165, 1.54) is 4.90 Å². The zero-order valence-corrected chi connectivity index (χ0v) is 26.8. The molecule has 1 unspecified atom stereocenters. The predicted octanol–water partition coefficient (Wildman–Crippen LogP) is 7.02. The molecule has 0 aliphatic carbocycles. The Morgan fingerprint density at radius 3 is 2.08 bits per heavy atom. The van der Waals surface area contributed by atoms with Gasteiger partial charge in [-0.3, -0.25) is 4.90 Å². The van der Waals surface area contributed by atoms with Crippen LogP contribution in [-0.2, 0) is 28.4 Å². The van der Waals surface area contributed by atoms with Crippen LogP contribution >= 0.6 is 0 Å². The molecule has 0 radical (unpaired) electrons. The lowest BCUT2D eigenvalue weighted by Gasteiger charge is -2.44. The van der Waals surface area contributed by atoms with Crippen LogP contribution in [0.4, 0.5) is 48.5 Å². The highest BCUT2D eigenvalue weighted by atomic mass is 19.4. The van der Waals surface area contributed by atoms with Crippen LogP contribution in [0.5, 0.6) is 11.5 Å². The van der Waals surface area contributed by atoms with Gasteiger partial charge in [-0.1, -0.05) is 6.92 Å². The fourth-order valence-electron chi connectivity index (χ4n) is 6.42. The number of hydrogen-bond acceptors (Lipinski definition) is 9. The first kappa shape index (κ1) is 34.4. The maximum absolute atomic E-state index is 13.9. The third-order valence-corrected chi connectivity index (χ3v) is 8.74. The molecule has 1 aromatic heterocycles. The molecule has 10 nitrogen and oxygen atoms in total. The third-order valence-electron chi connectivity index (χ3n) is 8.74. The number of amides is 1. The maximum Gasteiger partial charge on any atom is 0.416 e. The van der Waals surface area contributed by atoms with Crippen molar-refractivity contribution in [2.75, 3.05) is 60.8 Å². The molecule has 6 rings (SSSR count). The van der Waals surface area contributed by atoms with Crippen LogP contribution in [0.3, 0.4) is 0 Å². The van der Waals surface area contributed by atoms with Crippen LogP contribution in [0.2, 0.25) is 0 Å². The average Bonchev–Trinajstić information content (AvgIpc) is 3.09. The Hall–Kier alpha value is -4.47. The first-order valence-corrected chi connectivity index (χ1v) is 16.0. The molecule has 0 spiro atoms. The monoisotopic (exact) mass is 695 g/mol. The van der Waals surface area contributed by atoms with Gasteiger partial charge in [0.1, 0.15) is 13.2 Å². The van der Waals surface area contributed by atoms with Crippen LogP contribution < -0.4 is 24.2 Å². The number of fused-ring (bicyclic) bond motifs is 2. The number of morpholine rings is 1. The number of alkyl halides is 6. The molecule has 4 heterocycles. The quantitative estimate of drug-likeness (QED) is 0.242. The molecule has 1 saturated heterocycles. The normalized spacial score (nSPS) is 19.3. The minimum Gasteiger partial charge on any atom is -0.486 e. The van der Waals surface area contributed by atoms with Crippen molar-refractivity contribution in [3.8, 4) is 11.5 Å². The van der Waals surface area contributed by atoms with Gasteiger partial charge < -0.3 is 28.7 Å². The van der Waals surface area contributed by atoms with Crippen molar-refractivity contribution in [1.82, 2.24) is 9.97 Å². The van der Waals surface area contributed by atoms with E-state index < -0.39 is 48.2 Å². The second kappa shape index (κ2) is 13.8. The molecule has 0 saturated carbocycles. The molecule has 2 atom stereocenters. The van der Waals surface area contributed by atoms with Gasteiger partial charge in [0.15, 0.2) is 11.5 Å². The summed E-state index contributed by atoms with van der Waals surface area (Å²) in [5.41, 5.74) is -1.47. The molecular formula is C33H35F6N5O5. The molecule has 0 N–H and O–H groups in total. The summed E-state index contributed by atoms with van der Waals surface area (Å²) in [6, 6.07) is 3.67. The van der Waals surface area contributed by atoms with Gasteiger partial charge >= 0.3 is 18.4 Å². The number of anilines is 3. The molecule has 3 aromatic rings. The van der Waals surface area contributed by atoms with Gasteiger partial charge in [0.25, 0.3) is 0 Å². The van der Waals surface area contributed by atoms with E-state index in [4.69, 9.17) is 18.9 Å². The Labute approximate surface area is 278 Å². The molecule has 0 bridgehead atoms. The second-order valence-corrected chi connectivity index (χ2v) is 11.8. The van der Waals surface area contributed by atoms with Crippen LogP contribution in [0.15, 0.2) is 42.7 Å². The van der Waals surface area contributed by atoms with E-state index in [0.29, 0.717) is 73.3 Å². The van der Waals surface area contributed by atoms with Crippen molar-refractivity contribution in [1.29, 1.82) is 0 Å². The van der Waals surface area contributed by atoms with E-state index in [2.05, 4.69) is 9.97 Å². The van der Waals surface area contributed by atoms with Crippen molar-refractivity contribution in [2.45, 2.75) is 57.7 Å². The van der Waals surface area contributed by atoms with Crippen molar-refractivity contribution < 1.29 is 50.1 Å². The molecular weight excluding hydrogens is 660 g/mol. The van der Waals surface area contributed by atoms with Gasteiger partial charge in [-0.25, -0.2) is 14.8 Å². The Morgan fingerprint density at radius 2 is 1.51 bits per heavy atom. The smallest absolute Gasteiger partial charge is 0.416 e. The highest BCUT2D eigenvalue weighted by Gasteiger charge is 2.42. The average molecular weight is 696 g/mol. The maximum atomic E-state index is 13.9. The van der Waals surface area contributed by atoms with Crippen LogP contribution in [0.25, 0.3) is 0 Å². The molecule has 1 fully saturated rings. The first-order chi connectivity index (χ1) is 23.4. The Bertz CT molecular complexity index is 1620. The highest BCUT2D eigenvalue weighted by Crippen LogP contribution is 2.48. The van der Waals surface area contributed by atoms with E-state index >= 15 is 0 Å². The number of aromatic nitrogens is 2. The summed E-state index contributed by atoms with van der Waals surface area (Å²) in [4.78, 5) is 27.6. The molecule has 3 aliphatic heterocycles. The fraction of sp³-hybridized carbons (Fsp3) is 0.485. The third kappa shape index (κ3) is 7.28. The number of ether oxygens (including phenoxy) is 4. The first-order valence-electron chi connectivity index (χ1n) is 16.0. The number of rotatable bonds is 7. The van der Waals surface area contributed by atoms with Gasteiger partial charge in [-0.2, -0.15) is 26.3 Å². The standard InChI is InChI=1S/C33H35F6N5O5/c1-3-23-14-26(25-15-28-29(49-10-9-48-28)16-27(25)44(23)31(45)47-4-2)43(30-40-17-24(18-41-30)42-5-7-46-8-6-42)19-20-11-21(32(34,35)36)13-22(12-20)33(37,38)39/h11-13,15-18,23,26H,3-10,14,19H2,1-2H3/t23-,26?/m1/s1. The summed E-state index contributed by atoms with van der Waals surface area (Å²) < 4.78 is 106. The van der Waals surface area contributed by atoms with Crippen molar-refractivity contribution in [2.24, 2.45) is 0 Å². The van der Waals surface area contributed by atoms with Gasteiger partial charge in [-0.05, 0) is 49.6 Å². The van der Waals surface area contributed by atoms with Crippen LogP contribution in [0, 0.1) is 0 Å². The number of hydrogen-bond donors (Lipinski definition) is 0. The largest absolute Gasteiger partial charge is 0.486 e. The summed E-state index contributed by atoms with van der Waals surface area (Å²) in [5.74, 6) is 0.851. The number of halogens is 6. The summed E-state index contributed by atoms with van der Waals surface area (Å²) in [6.07, 6.45) is -6.84. The lowest BCUT2D eigenvalue weighted by molar-refractivity contribution is -0.143. The molecule has 16 heteroatoms. The second-order valence-electron chi connectivity index (χ2n) is 11.8. The van der Waals surface area contributed by atoms with Gasteiger partial charge in [0.05, 0.1) is 60.8 Å². The van der Waals surface area contributed by atoms with Crippen molar-refractivity contribution >= 4 is 23.4 Å². The van der Waals surface area contributed by atoms with E-state index in [0.717, 1.165) is 0 Å². The summed E-state index contributed by atoms with van der Waals surface area (Å²) in [7, 11) is 0. The zero-order valence-electron chi connectivity index (χ0n) is 26.8. The van der Waals surface area contributed by atoms with Crippen molar-refractivity contribution in [3.05, 3.63) is 65.0 Å². The summed E-state index contributed by atoms with van der Waals surface area (Å²) in [6.45, 7) is 6.00. The molecule has 264 valence electrons. The number of carbonyl (C=O) groups is 1. The molecule has 49 heavy (non-hydrogen) atoms. The lowest BCUT2D eigenvalue weighted by atomic mass is 9.88. The van der Waals surface area contributed by atoms with E-state index in [1.807, 2.05) is 11.8 Å². The Kier molecular flexibility index (Phi) is 9.69. The fourth-order valence-corrected chi connectivity index (χ4v) is 6.42. The molecule has 2 aromatic carbocycles. The predicted molar refractivity (Wildman–Crippen MR) is 166 cm³/mol. The number of carbonyl (C=O) groups excluding carboxylic acids is 1. The van der Waals surface area contributed by atoms with Crippen LogP contribution in [-0.4, -0.2) is 68.2 Å². The molecule has 1 amide bonds. The number of nitrogens with zero attached hydrogens (tertiary/aromatic N) is 5. The summed E-state index contributed by atoms with van der Waals surface area (Å²) in [5, 5.41) is 0. The lowest BCUT2D eigenvalue weighted by Crippen LogP contribution is -2.48. The topological polar surface area (TPSA) is 89.5 Å². The zero-order chi connectivity index (χ0) is 34.9. The van der Waals surface area contributed by atoms with Gasteiger partial charge in [-0.15, -0.1) is 0 Å².